The smallest absolute Gasteiger partial charge is 0.270 e. The lowest BCUT2D eigenvalue weighted by molar-refractivity contribution is 0.149. The van der Waals surface area contributed by atoms with Gasteiger partial charge in [0.2, 0.25) is 0 Å². The van der Waals surface area contributed by atoms with Gasteiger partial charge in [0, 0.05) is 18.3 Å². The van der Waals surface area contributed by atoms with Gasteiger partial charge in [-0.1, -0.05) is 11.6 Å². The van der Waals surface area contributed by atoms with Gasteiger partial charge < -0.3 is 10.7 Å². The van der Waals surface area contributed by atoms with E-state index in [4.69, 9.17) is 17.3 Å². The zero-order valence-electron chi connectivity index (χ0n) is 6.48. The van der Waals surface area contributed by atoms with Gasteiger partial charge in [-0.15, -0.1) is 0 Å². The van der Waals surface area contributed by atoms with Crippen LogP contribution >= 0.6 is 11.6 Å². The fourth-order valence-electron chi connectivity index (χ4n) is 0.910. The number of aromatic nitrogens is 1. The van der Waals surface area contributed by atoms with Gasteiger partial charge in [0.15, 0.2) is 0 Å². The van der Waals surface area contributed by atoms with E-state index < -0.39 is 17.5 Å². The third-order valence-electron chi connectivity index (χ3n) is 1.58. The molecular formula is C7H7ClF2N2O. The summed E-state index contributed by atoms with van der Waals surface area (Å²) in [6, 6.07) is 0. The minimum Gasteiger partial charge on any atom is -0.328 e. The van der Waals surface area contributed by atoms with Gasteiger partial charge in [-0.05, 0) is 0 Å². The Labute approximate surface area is 77.5 Å². The molecule has 1 aromatic rings. The molecular weight excluding hydrogens is 202 g/mol. The summed E-state index contributed by atoms with van der Waals surface area (Å²) in [7, 11) is 0. The van der Waals surface area contributed by atoms with Crippen molar-refractivity contribution in [3.8, 4) is 0 Å². The van der Waals surface area contributed by atoms with E-state index in [0.717, 1.165) is 0 Å². The molecule has 3 N–H and O–H groups in total. The van der Waals surface area contributed by atoms with Crippen molar-refractivity contribution in [2.75, 3.05) is 0 Å². The normalized spacial score (nSPS) is 10.8. The lowest BCUT2D eigenvalue weighted by atomic mass is 10.2. The highest BCUT2D eigenvalue weighted by Gasteiger charge is 2.18. The maximum absolute atomic E-state index is 12.3. The molecule has 0 amide bonds. The molecule has 0 saturated heterocycles. The van der Waals surface area contributed by atoms with Crippen LogP contribution in [0.3, 0.4) is 0 Å². The van der Waals surface area contributed by atoms with Crippen LogP contribution in [0.25, 0.3) is 0 Å². The molecule has 0 spiro atoms. The average Bonchev–Trinajstić information content (AvgIpc) is 2.04. The van der Waals surface area contributed by atoms with Crippen molar-refractivity contribution in [3.63, 3.8) is 0 Å². The van der Waals surface area contributed by atoms with Crippen molar-refractivity contribution in [1.29, 1.82) is 0 Å². The van der Waals surface area contributed by atoms with Crippen LogP contribution in [0.2, 0.25) is 5.02 Å². The first-order valence-corrected chi connectivity index (χ1v) is 3.84. The number of pyridine rings is 1. The number of halogens is 3. The van der Waals surface area contributed by atoms with Crippen molar-refractivity contribution in [2.45, 2.75) is 13.0 Å². The molecule has 0 aliphatic rings. The molecule has 0 aliphatic carbocycles. The average molecular weight is 209 g/mol. The second-order valence-corrected chi connectivity index (χ2v) is 2.75. The first-order valence-electron chi connectivity index (χ1n) is 3.46. The Morgan fingerprint density at radius 3 is 2.69 bits per heavy atom. The van der Waals surface area contributed by atoms with E-state index in [9.17, 15) is 13.6 Å². The quantitative estimate of drug-likeness (QED) is 0.772. The van der Waals surface area contributed by atoms with Gasteiger partial charge in [-0.2, -0.15) is 0 Å². The van der Waals surface area contributed by atoms with Crippen LogP contribution in [0.5, 0.6) is 0 Å². The summed E-state index contributed by atoms with van der Waals surface area (Å²) in [5.74, 6) is 0. The van der Waals surface area contributed by atoms with E-state index in [2.05, 4.69) is 4.98 Å². The van der Waals surface area contributed by atoms with Crippen molar-refractivity contribution in [1.82, 2.24) is 4.98 Å². The largest absolute Gasteiger partial charge is 0.328 e. The number of aromatic amines is 1. The summed E-state index contributed by atoms with van der Waals surface area (Å²) < 4.78 is 24.5. The highest BCUT2D eigenvalue weighted by molar-refractivity contribution is 6.32. The van der Waals surface area contributed by atoms with E-state index in [1.54, 1.807) is 0 Å². The summed E-state index contributed by atoms with van der Waals surface area (Å²) in [4.78, 5) is 13.0. The molecule has 72 valence electrons. The van der Waals surface area contributed by atoms with Crippen LogP contribution in [0.15, 0.2) is 11.0 Å². The molecule has 0 aliphatic heterocycles. The molecule has 0 saturated carbocycles. The molecule has 3 nitrogen and oxygen atoms in total. The first kappa shape index (κ1) is 10.1. The lowest BCUT2D eigenvalue weighted by Crippen LogP contribution is -2.15. The lowest BCUT2D eigenvalue weighted by Gasteiger charge is -2.05. The first-order chi connectivity index (χ1) is 6.07. The van der Waals surface area contributed by atoms with E-state index in [1.807, 2.05) is 0 Å². The third-order valence-corrected chi connectivity index (χ3v) is 2.02. The van der Waals surface area contributed by atoms with E-state index >= 15 is 0 Å². The minimum absolute atomic E-state index is 0.00926. The molecule has 1 rings (SSSR count). The predicted octanol–water partition coefficient (Wildman–Crippen LogP) is 1.42. The zero-order valence-corrected chi connectivity index (χ0v) is 7.24. The Morgan fingerprint density at radius 1 is 1.62 bits per heavy atom. The fraction of sp³-hybridized carbons (Fsp3) is 0.286. The third kappa shape index (κ3) is 1.87. The van der Waals surface area contributed by atoms with Crippen molar-refractivity contribution < 1.29 is 8.78 Å². The van der Waals surface area contributed by atoms with Crippen molar-refractivity contribution in [3.05, 3.63) is 32.7 Å². The molecule has 0 radical (unpaired) electrons. The molecule has 0 bridgehead atoms. The Morgan fingerprint density at radius 2 is 2.23 bits per heavy atom. The number of H-pyrrole nitrogens is 1. The van der Waals surface area contributed by atoms with Gasteiger partial charge in [-0.3, -0.25) is 4.79 Å². The maximum Gasteiger partial charge on any atom is 0.270 e. The summed E-state index contributed by atoms with van der Waals surface area (Å²) in [5.41, 5.74) is 3.93. The molecule has 0 fully saturated rings. The topological polar surface area (TPSA) is 58.9 Å². The zero-order chi connectivity index (χ0) is 10.0. The van der Waals surface area contributed by atoms with E-state index in [1.165, 1.54) is 6.20 Å². The number of alkyl halides is 2. The minimum atomic E-state index is -2.89. The van der Waals surface area contributed by atoms with Crippen molar-refractivity contribution >= 4 is 11.6 Å². The summed E-state index contributed by atoms with van der Waals surface area (Å²) in [6.45, 7) is 0.00926. The molecule has 0 unspecified atom stereocenters. The summed E-state index contributed by atoms with van der Waals surface area (Å²) in [6.07, 6.45) is -1.65. The predicted molar refractivity (Wildman–Crippen MR) is 44.9 cm³/mol. The van der Waals surface area contributed by atoms with E-state index in [-0.39, 0.29) is 11.6 Å². The van der Waals surface area contributed by atoms with Crippen LogP contribution in [-0.4, -0.2) is 4.98 Å². The number of rotatable bonds is 2. The van der Waals surface area contributed by atoms with Crippen LogP contribution in [0.1, 0.15) is 17.6 Å². The molecule has 1 heterocycles. The monoisotopic (exact) mass is 208 g/mol. The number of hydrogen-bond acceptors (Lipinski definition) is 2. The fourth-order valence-corrected chi connectivity index (χ4v) is 1.21. The Balaban J connectivity index is 3.39. The van der Waals surface area contributed by atoms with Gasteiger partial charge >= 0.3 is 0 Å². The second-order valence-electron chi connectivity index (χ2n) is 2.38. The van der Waals surface area contributed by atoms with E-state index in [0.29, 0.717) is 5.56 Å². The van der Waals surface area contributed by atoms with Crippen LogP contribution in [0.4, 0.5) is 8.78 Å². The Hall–Kier alpha value is -0.940. The van der Waals surface area contributed by atoms with Crippen molar-refractivity contribution in [2.24, 2.45) is 5.73 Å². The highest BCUT2D eigenvalue weighted by atomic mass is 35.5. The summed E-state index contributed by atoms with van der Waals surface area (Å²) >= 11 is 5.53. The molecule has 0 aromatic carbocycles. The highest BCUT2D eigenvalue weighted by Crippen LogP contribution is 2.25. The maximum atomic E-state index is 12.3. The molecule has 6 heteroatoms. The van der Waals surface area contributed by atoms with Gasteiger partial charge in [0.05, 0.1) is 5.02 Å². The Bertz CT molecular complexity index is 364. The molecule has 13 heavy (non-hydrogen) atoms. The van der Waals surface area contributed by atoms with Gasteiger partial charge in [0.25, 0.3) is 12.0 Å². The number of hydrogen-bond donors (Lipinski definition) is 2. The van der Waals surface area contributed by atoms with Gasteiger partial charge in [-0.25, -0.2) is 8.78 Å². The molecule has 1 aromatic heterocycles. The second kappa shape index (κ2) is 3.85. The van der Waals surface area contributed by atoms with Crippen LogP contribution in [0, 0.1) is 0 Å². The Kier molecular flexibility index (Phi) is 3.00. The standard InChI is InChI=1S/C7H7ClF2N2O/c8-5-3(1-11)2-12-7(13)4(5)6(9)10/h2,6H,1,11H2,(H,12,13). The number of nitrogens with one attached hydrogen (secondary N) is 1. The van der Waals surface area contributed by atoms with Gasteiger partial charge in [0.1, 0.15) is 5.56 Å². The van der Waals surface area contributed by atoms with Crippen LogP contribution < -0.4 is 11.3 Å². The number of nitrogens with two attached hydrogens (primary N) is 1. The molecule has 0 atom stereocenters. The summed E-state index contributed by atoms with van der Waals surface area (Å²) in [5, 5.41) is -0.249. The van der Waals surface area contributed by atoms with Crippen LogP contribution in [-0.2, 0) is 6.54 Å². The SMILES string of the molecule is NCc1c[nH]c(=O)c(C(F)F)c1Cl.